The molecule has 1 N–H and O–H groups in total. The highest BCUT2D eigenvalue weighted by Gasteiger charge is 2.40. The van der Waals surface area contributed by atoms with E-state index in [0.717, 1.165) is 37.2 Å². The summed E-state index contributed by atoms with van der Waals surface area (Å²) in [5, 5.41) is 14.4. The first-order chi connectivity index (χ1) is 13.2. The fourth-order valence-corrected chi connectivity index (χ4v) is 4.33. The number of fused-ring (bicyclic) bond motifs is 1. The first-order valence-electron chi connectivity index (χ1n) is 9.53. The van der Waals surface area contributed by atoms with Gasteiger partial charge in [-0.2, -0.15) is 4.98 Å². The standard InChI is InChI=1S/C19H24N4O4/c1-22-6-4-13(5-7-22)23-10-14(24)9-15(23)19-20-18(21-27-19)12-2-3-16-17(8-12)26-11-25-16/h2-3,8,13-15,24H,4-7,9-11H2,1H3. The van der Waals surface area contributed by atoms with Crippen LogP contribution in [-0.2, 0) is 0 Å². The van der Waals surface area contributed by atoms with Crippen LogP contribution in [0.15, 0.2) is 22.7 Å². The molecule has 4 heterocycles. The highest BCUT2D eigenvalue weighted by atomic mass is 16.7. The summed E-state index contributed by atoms with van der Waals surface area (Å²) in [4.78, 5) is 9.35. The van der Waals surface area contributed by atoms with Crippen molar-refractivity contribution >= 4 is 0 Å². The lowest BCUT2D eigenvalue weighted by Gasteiger charge is -2.37. The lowest BCUT2D eigenvalue weighted by Crippen LogP contribution is -2.43. The van der Waals surface area contributed by atoms with Crippen molar-refractivity contribution in [1.29, 1.82) is 0 Å². The lowest BCUT2D eigenvalue weighted by molar-refractivity contribution is 0.0881. The fourth-order valence-electron chi connectivity index (χ4n) is 4.33. The van der Waals surface area contributed by atoms with E-state index in [1.807, 2.05) is 18.2 Å². The SMILES string of the molecule is CN1CCC(N2CC(O)CC2c2nc(-c3ccc4c(c3)OCO4)no2)CC1. The van der Waals surface area contributed by atoms with Crippen LogP contribution in [0.4, 0.5) is 0 Å². The summed E-state index contributed by atoms with van der Waals surface area (Å²) < 4.78 is 16.4. The van der Waals surface area contributed by atoms with E-state index in [0.29, 0.717) is 36.5 Å². The van der Waals surface area contributed by atoms with E-state index in [4.69, 9.17) is 14.0 Å². The van der Waals surface area contributed by atoms with E-state index >= 15 is 0 Å². The van der Waals surface area contributed by atoms with E-state index in [9.17, 15) is 5.11 Å². The molecule has 8 heteroatoms. The number of β-amino-alcohol motifs (C(OH)–C–C–N with tert-alkyl or cyclic N) is 1. The van der Waals surface area contributed by atoms with Crippen molar-refractivity contribution in [1.82, 2.24) is 19.9 Å². The summed E-state index contributed by atoms with van der Waals surface area (Å²) in [5.41, 5.74) is 0.832. The maximum Gasteiger partial charge on any atom is 0.244 e. The average molecular weight is 372 g/mol. The number of aromatic nitrogens is 2. The maximum atomic E-state index is 10.3. The van der Waals surface area contributed by atoms with Gasteiger partial charge in [0.25, 0.3) is 0 Å². The van der Waals surface area contributed by atoms with Crippen molar-refractivity contribution in [3.05, 3.63) is 24.1 Å². The van der Waals surface area contributed by atoms with Gasteiger partial charge in [-0.25, -0.2) is 0 Å². The Morgan fingerprint density at radius 1 is 1.15 bits per heavy atom. The second kappa shape index (κ2) is 6.78. The van der Waals surface area contributed by atoms with E-state index in [-0.39, 0.29) is 18.9 Å². The van der Waals surface area contributed by atoms with E-state index in [2.05, 4.69) is 27.0 Å². The minimum atomic E-state index is -0.351. The maximum absolute atomic E-state index is 10.3. The minimum absolute atomic E-state index is 0.0244. The molecule has 0 saturated carbocycles. The predicted octanol–water partition coefficient (Wildman–Crippen LogP) is 1.67. The second-order valence-electron chi connectivity index (χ2n) is 7.66. The third-order valence-corrected chi connectivity index (χ3v) is 5.83. The Morgan fingerprint density at radius 2 is 1.96 bits per heavy atom. The smallest absolute Gasteiger partial charge is 0.244 e. The second-order valence-corrected chi connectivity index (χ2v) is 7.66. The lowest BCUT2D eigenvalue weighted by atomic mass is 10.0. The van der Waals surface area contributed by atoms with Gasteiger partial charge < -0.3 is 24.0 Å². The molecule has 0 spiro atoms. The number of likely N-dealkylation sites (tertiary alicyclic amines) is 2. The number of nitrogens with zero attached hydrogens (tertiary/aromatic N) is 4. The van der Waals surface area contributed by atoms with Crippen LogP contribution < -0.4 is 9.47 Å². The van der Waals surface area contributed by atoms with Crippen LogP contribution in [0.1, 0.15) is 31.2 Å². The molecule has 2 unspecified atom stereocenters. The van der Waals surface area contributed by atoms with Gasteiger partial charge in [0, 0.05) is 18.2 Å². The number of rotatable bonds is 3. The van der Waals surface area contributed by atoms with Crippen molar-refractivity contribution in [3.8, 4) is 22.9 Å². The van der Waals surface area contributed by atoms with Crippen molar-refractivity contribution in [2.75, 3.05) is 33.5 Å². The summed E-state index contributed by atoms with van der Waals surface area (Å²) in [7, 11) is 2.15. The fraction of sp³-hybridized carbons (Fsp3) is 0.579. The van der Waals surface area contributed by atoms with Crippen molar-refractivity contribution in [2.45, 2.75) is 37.5 Å². The zero-order valence-corrected chi connectivity index (χ0v) is 15.4. The number of aliphatic hydroxyl groups is 1. The molecule has 8 nitrogen and oxygen atoms in total. The monoisotopic (exact) mass is 372 g/mol. The Labute approximate surface area is 157 Å². The molecule has 2 atom stereocenters. The van der Waals surface area contributed by atoms with Crippen LogP contribution in [0.5, 0.6) is 11.5 Å². The molecule has 0 radical (unpaired) electrons. The molecule has 2 saturated heterocycles. The van der Waals surface area contributed by atoms with Crippen LogP contribution in [-0.4, -0.2) is 70.7 Å². The van der Waals surface area contributed by atoms with Crippen LogP contribution >= 0.6 is 0 Å². The predicted molar refractivity (Wildman–Crippen MR) is 96.4 cm³/mol. The summed E-state index contributed by atoms with van der Waals surface area (Å²) in [6.45, 7) is 3.06. The van der Waals surface area contributed by atoms with Crippen molar-refractivity contribution in [2.24, 2.45) is 0 Å². The van der Waals surface area contributed by atoms with Crippen LogP contribution in [0.25, 0.3) is 11.4 Å². The molecule has 5 rings (SSSR count). The molecule has 3 aliphatic rings. The quantitative estimate of drug-likeness (QED) is 0.871. The van der Waals surface area contributed by atoms with Gasteiger partial charge in [-0.3, -0.25) is 4.90 Å². The highest BCUT2D eigenvalue weighted by Crippen LogP contribution is 2.38. The zero-order chi connectivity index (χ0) is 18.4. The summed E-state index contributed by atoms with van der Waals surface area (Å²) in [6, 6.07) is 6.06. The Balaban J connectivity index is 1.38. The van der Waals surface area contributed by atoms with Crippen molar-refractivity contribution in [3.63, 3.8) is 0 Å². The first kappa shape index (κ1) is 17.0. The van der Waals surface area contributed by atoms with Crippen molar-refractivity contribution < 1.29 is 19.1 Å². The molecule has 144 valence electrons. The molecule has 1 aromatic carbocycles. The van der Waals surface area contributed by atoms with Gasteiger partial charge in [0.2, 0.25) is 18.5 Å². The van der Waals surface area contributed by atoms with Gasteiger partial charge in [-0.1, -0.05) is 5.16 Å². The molecule has 0 aliphatic carbocycles. The Morgan fingerprint density at radius 3 is 2.81 bits per heavy atom. The van der Waals surface area contributed by atoms with Gasteiger partial charge >= 0.3 is 0 Å². The average Bonchev–Trinajstić information content (AvgIpc) is 3.40. The topological polar surface area (TPSA) is 84.1 Å². The van der Waals surface area contributed by atoms with Crippen LogP contribution in [0, 0.1) is 0 Å². The van der Waals surface area contributed by atoms with Gasteiger partial charge in [-0.05, 0) is 57.6 Å². The Kier molecular flexibility index (Phi) is 4.26. The Bertz CT molecular complexity index is 818. The number of ether oxygens (including phenoxy) is 2. The van der Waals surface area contributed by atoms with Crippen LogP contribution in [0.3, 0.4) is 0 Å². The third-order valence-electron chi connectivity index (χ3n) is 5.83. The van der Waals surface area contributed by atoms with E-state index < -0.39 is 0 Å². The summed E-state index contributed by atoms with van der Waals surface area (Å²) in [5.74, 6) is 2.55. The van der Waals surface area contributed by atoms with Crippen LogP contribution in [0.2, 0.25) is 0 Å². The number of hydrogen-bond donors (Lipinski definition) is 1. The highest BCUT2D eigenvalue weighted by molar-refractivity contribution is 5.61. The minimum Gasteiger partial charge on any atom is -0.454 e. The molecule has 0 bridgehead atoms. The molecule has 2 fully saturated rings. The number of aliphatic hydroxyl groups excluding tert-OH is 1. The van der Waals surface area contributed by atoms with Gasteiger partial charge in [0.15, 0.2) is 11.5 Å². The summed E-state index contributed by atoms with van der Waals surface area (Å²) in [6.07, 6.45) is 2.48. The molecule has 3 aliphatic heterocycles. The summed E-state index contributed by atoms with van der Waals surface area (Å²) >= 11 is 0. The molecule has 27 heavy (non-hydrogen) atoms. The van der Waals surface area contributed by atoms with Gasteiger partial charge in [0.1, 0.15) is 0 Å². The van der Waals surface area contributed by atoms with E-state index in [1.54, 1.807) is 0 Å². The van der Waals surface area contributed by atoms with Gasteiger partial charge in [0.05, 0.1) is 12.1 Å². The largest absolute Gasteiger partial charge is 0.454 e. The number of benzene rings is 1. The normalized spacial score (nSPS) is 26.7. The molecular weight excluding hydrogens is 348 g/mol. The Hall–Kier alpha value is -2.16. The zero-order valence-electron chi connectivity index (χ0n) is 15.4. The van der Waals surface area contributed by atoms with E-state index in [1.165, 1.54) is 0 Å². The molecule has 2 aromatic rings. The molecule has 0 amide bonds. The number of piperidine rings is 1. The third kappa shape index (κ3) is 3.18. The molecule has 1 aromatic heterocycles. The van der Waals surface area contributed by atoms with Gasteiger partial charge in [-0.15, -0.1) is 0 Å². The number of hydrogen-bond acceptors (Lipinski definition) is 8. The molecular formula is C19H24N4O4. The first-order valence-corrected chi connectivity index (χ1v) is 9.53.